The molecule has 0 atom stereocenters. The number of benzene rings is 2. The Morgan fingerprint density at radius 3 is 2.56 bits per heavy atom. The third-order valence-corrected chi connectivity index (χ3v) is 6.07. The van der Waals surface area contributed by atoms with Gasteiger partial charge in [-0.05, 0) is 85.6 Å². The molecule has 0 saturated heterocycles. The highest BCUT2D eigenvalue weighted by atomic mass is 15.2. The molecule has 0 radical (unpaired) electrons. The van der Waals surface area contributed by atoms with E-state index < -0.39 is 0 Å². The van der Waals surface area contributed by atoms with Gasteiger partial charge in [-0.2, -0.15) is 0 Å². The summed E-state index contributed by atoms with van der Waals surface area (Å²) in [4.78, 5) is 2.52. The van der Waals surface area contributed by atoms with Crippen molar-refractivity contribution in [2.75, 3.05) is 30.3 Å². The minimum absolute atomic E-state index is 0.526. The zero-order chi connectivity index (χ0) is 25.1. The van der Waals surface area contributed by atoms with E-state index in [4.69, 9.17) is 0 Å². The number of anilines is 2. The van der Waals surface area contributed by atoms with Crippen molar-refractivity contribution in [3.05, 3.63) is 76.1 Å². The molecule has 0 bridgehead atoms. The minimum Gasteiger partial charge on any atom is -0.384 e. The monoisotopic (exact) mass is 461 g/mol. The maximum Gasteiger partial charge on any atom is 0.102 e. The Morgan fingerprint density at radius 2 is 1.88 bits per heavy atom. The largest absolute Gasteiger partial charge is 0.384 e. The van der Waals surface area contributed by atoms with Crippen molar-refractivity contribution in [2.24, 2.45) is 0 Å². The molecule has 34 heavy (non-hydrogen) atoms. The van der Waals surface area contributed by atoms with E-state index in [0.29, 0.717) is 5.92 Å². The van der Waals surface area contributed by atoms with E-state index in [1.54, 1.807) is 0 Å². The molecule has 2 N–H and O–H groups in total. The average molecular weight is 462 g/mol. The Hall–Kier alpha value is -2.68. The molecule has 0 spiro atoms. The first-order valence-corrected chi connectivity index (χ1v) is 13.3. The standard InChI is InChI=1S/C29H41N3.C2H6/c1-7-10-28(31-27-12-9-11-25(19-27)21(3)4)32(15-8-2)20-24-13-14-30-29-23(6)16-22(5)17-26(29)18-24;1-2/h9-12,16-19,21,30-31H,7-8,13-15,20H2,1-6H3;1-2H3. The Morgan fingerprint density at radius 1 is 1.12 bits per heavy atom. The third-order valence-electron chi connectivity index (χ3n) is 6.07. The number of rotatable bonds is 9. The van der Waals surface area contributed by atoms with Crippen LogP contribution in [0.1, 0.15) is 89.0 Å². The Labute approximate surface area is 209 Å². The lowest BCUT2D eigenvalue weighted by Gasteiger charge is -2.29. The number of hydrogen-bond donors (Lipinski definition) is 2. The van der Waals surface area contributed by atoms with Crippen LogP contribution in [0.15, 0.2) is 53.9 Å². The molecule has 0 amide bonds. The van der Waals surface area contributed by atoms with E-state index >= 15 is 0 Å². The zero-order valence-electron chi connectivity index (χ0n) is 22.9. The molecular formula is C31H47N3. The molecular weight excluding hydrogens is 414 g/mol. The maximum atomic E-state index is 3.75. The second kappa shape index (κ2) is 13.9. The molecule has 0 aromatic heterocycles. The fourth-order valence-electron chi connectivity index (χ4n) is 4.50. The number of allylic oxidation sites excluding steroid dienone is 1. The van der Waals surface area contributed by atoms with Gasteiger partial charge in [-0.3, -0.25) is 0 Å². The van der Waals surface area contributed by atoms with Gasteiger partial charge in [0.1, 0.15) is 5.82 Å². The van der Waals surface area contributed by atoms with Gasteiger partial charge in [0, 0.05) is 31.0 Å². The lowest BCUT2D eigenvalue weighted by atomic mass is 10.0. The highest BCUT2D eigenvalue weighted by Gasteiger charge is 2.16. The topological polar surface area (TPSA) is 27.3 Å². The van der Waals surface area contributed by atoms with E-state index in [2.05, 4.69) is 106 Å². The summed E-state index contributed by atoms with van der Waals surface area (Å²) in [5, 5.41) is 7.41. The van der Waals surface area contributed by atoms with Crippen molar-refractivity contribution in [1.29, 1.82) is 0 Å². The van der Waals surface area contributed by atoms with Crippen LogP contribution in [0.2, 0.25) is 0 Å². The van der Waals surface area contributed by atoms with Crippen molar-refractivity contribution in [1.82, 2.24) is 4.90 Å². The minimum atomic E-state index is 0.526. The van der Waals surface area contributed by atoms with Crippen LogP contribution in [0.5, 0.6) is 0 Å². The Balaban J connectivity index is 0.00000199. The first-order valence-electron chi connectivity index (χ1n) is 13.3. The molecule has 186 valence electrons. The predicted octanol–water partition coefficient (Wildman–Crippen LogP) is 8.73. The predicted molar refractivity (Wildman–Crippen MR) is 153 cm³/mol. The SMILES string of the molecule is CC.CCC=C(Nc1cccc(C(C)C)c1)N(CCC)CC1=Cc2cc(C)cc(C)c2NCC1. The summed E-state index contributed by atoms with van der Waals surface area (Å²) in [5.74, 6) is 1.74. The summed E-state index contributed by atoms with van der Waals surface area (Å²) in [6.07, 6.45) is 7.94. The first kappa shape index (κ1) is 27.6. The van der Waals surface area contributed by atoms with Gasteiger partial charge in [0.2, 0.25) is 0 Å². The number of nitrogens with zero attached hydrogens (tertiary/aromatic N) is 1. The van der Waals surface area contributed by atoms with Crippen LogP contribution in [0.4, 0.5) is 11.4 Å². The van der Waals surface area contributed by atoms with Crippen molar-refractivity contribution in [2.45, 2.75) is 80.6 Å². The Kier molecular flexibility index (Phi) is 11.3. The lowest BCUT2D eigenvalue weighted by Crippen LogP contribution is -2.30. The van der Waals surface area contributed by atoms with E-state index in [9.17, 15) is 0 Å². The molecule has 2 aromatic carbocycles. The second-order valence-corrected chi connectivity index (χ2v) is 9.35. The van der Waals surface area contributed by atoms with Gasteiger partial charge in [0.15, 0.2) is 0 Å². The van der Waals surface area contributed by atoms with Crippen LogP contribution in [0.25, 0.3) is 6.08 Å². The van der Waals surface area contributed by atoms with E-state index in [-0.39, 0.29) is 0 Å². The van der Waals surface area contributed by atoms with Gasteiger partial charge >= 0.3 is 0 Å². The zero-order valence-corrected chi connectivity index (χ0v) is 22.9. The van der Waals surface area contributed by atoms with Crippen LogP contribution in [0, 0.1) is 13.8 Å². The first-order chi connectivity index (χ1) is 16.4. The average Bonchev–Trinajstić information content (AvgIpc) is 3.02. The van der Waals surface area contributed by atoms with E-state index in [1.165, 1.54) is 45.0 Å². The molecule has 0 fully saturated rings. The van der Waals surface area contributed by atoms with Crippen molar-refractivity contribution >= 4 is 17.5 Å². The summed E-state index contributed by atoms with van der Waals surface area (Å²) < 4.78 is 0. The third kappa shape index (κ3) is 7.68. The smallest absolute Gasteiger partial charge is 0.102 e. The number of fused-ring (bicyclic) bond motifs is 1. The van der Waals surface area contributed by atoms with Gasteiger partial charge in [-0.25, -0.2) is 0 Å². The molecule has 0 aliphatic carbocycles. The molecule has 1 heterocycles. The van der Waals surface area contributed by atoms with E-state index in [0.717, 1.165) is 38.9 Å². The van der Waals surface area contributed by atoms with Crippen molar-refractivity contribution < 1.29 is 0 Å². The molecule has 0 unspecified atom stereocenters. The van der Waals surface area contributed by atoms with Gasteiger partial charge in [0.25, 0.3) is 0 Å². The number of nitrogens with one attached hydrogen (secondary N) is 2. The van der Waals surface area contributed by atoms with Crippen molar-refractivity contribution in [3.8, 4) is 0 Å². The quantitative estimate of drug-likeness (QED) is 0.391. The summed E-state index contributed by atoms with van der Waals surface area (Å²) in [6, 6.07) is 13.4. The molecule has 1 aliphatic rings. The second-order valence-electron chi connectivity index (χ2n) is 9.35. The molecule has 3 nitrogen and oxygen atoms in total. The van der Waals surface area contributed by atoms with Crippen LogP contribution in [-0.4, -0.2) is 24.5 Å². The highest BCUT2D eigenvalue weighted by molar-refractivity contribution is 5.73. The fraction of sp³-hybridized carbons (Fsp3) is 0.484. The summed E-state index contributed by atoms with van der Waals surface area (Å²) in [7, 11) is 0. The number of hydrogen-bond acceptors (Lipinski definition) is 3. The summed E-state index contributed by atoms with van der Waals surface area (Å²) in [6.45, 7) is 20.3. The van der Waals surface area contributed by atoms with Gasteiger partial charge in [-0.1, -0.05) is 71.4 Å². The normalized spacial score (nSPS) is 13.2. The summed E-state index contributed by atoms with van der Waals surface area (Å²) >= 11 is 0. The molecule has 1 aliphatic heterocycles. The molecule has 3 heteroatoms. The molecule has 2 aromatic rings. The van der Waals surface area contributed by atoms with Crippen LogP contribution in [-0.2, 0) is 0 Å². The maximum absolute atomic E-state index is 3.75. The molecule has 3 rings (SSSR count). The van der Waals surface area contributed by atoms with Gasteiger partial charge in [-0.15, -0.1) is 0 Å². The van der Waals surface area contributed by atoms with Crippen LogP contribution in [0.3, 0.4) is 0 Å². The summed E-state index contributed by atoms with van der Waals surface area (Å²) in [5.41, 5.74) is 9.29. The molecule has 0 saturated carbocycles. The van der Waals surface area contributed by atoms with Gasteiger partial charge in [0.05, 0.1) is 0 Å². The highest BCUT2D eigenvalue weighted by Crippen LogP contribution is 2.29. The van der Waals surface area contributed by atoms with Crippen LogP contribution >= 0.6 is 0 Å². The van der Waals surface area contributed by atoms with Crippen molar-refractivity contribution in [3.63, 3.8) is 0 Å². The number of aryl methyl sites for hydroxylation is 2. The van der Waals surface area contributed by atoms with Gasteiger partial charge < -0.3 is 15.5 Å². The Bertz CT molecular complexity index is 969. The lowest BCUT2D eigenvalue weighted by molar-refractivity contribution is 0.372. The van der Waals surface area contributed by atoms with E-state index in [1.807, 2.05) is 13.8 Å². The fourth-order valence-corrected chi connectivity index (χ4v) is 4.50. The van der Waals surface area contributed by atoms with Crippen LogP contribution < -0.4 is 10.6 Å².